The monoisotopic (exact) mass is 177 g/mol. The lowest BCUT2D eigenvalue weighted by Gasteiger charge is -2.37. The lowest BCUT2D eigenvalue weighted by molar-refractivity contribution is -0.128. The summed E-state index contributed by atoms with van der Waals surface area (Å²) in [7, 11) is 0. The van der Waals surface area contributed by atoms with Crippen LogP contribution >= 0.6 is 0 Å². The van der Waals surface area contributed by atoms with Gasteiger partial charge in [0.15, 0.2) is 0 Å². The van der Waals surface area contributed by atoms with Crippen LogP contribution in [0.3, 0.4) is 0 Å². The molecule has 1 N–H and O–H groups in total. The Kier molecular flexibility index (Phi) is 1.84. The van der Waals surface area contributed by atoms with Gasteiger partial charge < -0.3 is 10.1 Å². The molecule has 4 heteroatoms. The molecule has 2 saturated heterocycles. The Hall–Kier alpha value is -0.220. The van der Waals surface area contributed by atoms with Crippen molar-refractivity contribution in [2.45, 2.75) is 18.8 Å². The summed E-state index contributed by atoms with van der Waals surface area (Å²) < 4.78 is 31.8. The number of rotatable bonds is 0. The molecule has 12 heavy (non-hydrogen) atoms. The highest BCUT2D eigenvalue weighted by molar-refractivity contribution is 5.01. The molecule has 70 valence electrons. The Balaban J connectivity index is 2.17. The van der Waals surface area contributed by atoms with E-state index in [-0.39, 0.29) is 6.54 Å². The lowest BCUT2D eigenvalue weighted by Crippen LogP contribution is -2.44. The van der Waals surface area contributed by atoms with Crippen LogP contribution in [0.4, 0.5) is 8.78 Å². The fourth-order valence-corrected chi connectivity index (χ4v) is 2.08. The molecule has 0 bridgehead atoms. The third-order valence-electron chi connectivity index (χ3n) is 3.04. The largest absolute Gasteiger partial charge is 0.381 e. The molecule has 0 radical (unpaired) electrons. The predicted molar refractivity (Wildman–Crippen MR) is 40.3 cm³/mol. The highest BCUT2D eigenvalue weighted by Gasteiger charge is 2.57. The zero-order valence-electron chi connectivity index (χ0n) is 6.91. The molecule has 0 aliphatic carbocycles. The number of hydrogen-bond donors (Lipinski definition) is 1. The minimum absolute atomic E-state index is 0.160. The maximum Gasteiger partial charge on any atom is 0.267 e. The summed E-state index contributed by atoms with van der Waals surface area (Å²) in [6.07, 6.45) is 0.986. The van der Waals surface area contributed by atoms with E-state index in [9.17, 15) is 8.78 Å². The second-order valence-corrected chi connectivity index (χ2v) is 3.70. The van der Waals surface area contributed by atoms with Gasteiger partial charge in [0.25, 0.3) is 5.92 Å². The summed E-state index contributed by atoms with van der Waals surface area (Å²) in [5.74, 6) is -2.53. The van der Waals surface area contributed by atoms with Gasteiger partial charge in [-0.1, -0.05) is 0 Å². The van der Waals surface area contributed by atoms with Crippen molar-refractivity contribution >= 4 is 0 Å². The van der Waals surface area contributed by atoms with Crippen molar-refractivity contribution in [3.05, 3.63) is 0 Å². The third-order valence-corrected chi connectivity index (χ3v) is 3.04. The Morgan fingerprint density at radius 3 is 2.25 bits per heavy atom. The molecule has 2 fully saturated rings. The normalized spacial score (nSPS) is 32.5. The maximum absolute atomic E-state index is 13.4. The topological polar surface area (TPSA) is 21.3 Å². The van der Waals surface area contributed by atoms with Gasteiger partial charge in [-0.2, -0.15) is 0 Å². The number of alkyl halides is 2. The van der Waals surface area contributed by atoms with Crippen LogP contribution in [0.5, 0.6) is 0 Å². The molecule has 0 aromatic carbocycles. The third kappa shape index (κ3) is 1.05. The van der Waals surface area contributed by atoms with E-state index in [0.717, 1.165) is 0 Å². The Morgan fingerprint density at radius 2 is 1.75 bits per heavy atom. The van der Waals surface area contributed by atoms with Crippen molar-refractivity contribution in [1.82, 2.24) is 5.32 Å². The van der Waals surface area contributed by atoms with Crippen LogP contribution in [0.15, 0.2) is 0 Å². The molecule has 2 rings (SSSR count). The molecular weight excluding hydrogens is 164 g/mol. The Labute approximate surface area is 70.3 Å². The van der Waals surface area contributed by atoms with Gasteiger partial charge in [0.1, 0.15) is 0 Å². The Morgan fingerprint density at radius 1 is 1.08 bits per heavy atom. The van der Waals surface area contributed by atoms with Crippen molar-refractivity contribution < 1.29 is 13.5 Å². The van der Waals surface area contributed by atoms with Crippen LogP contribution < -0.4 is 5.32 Å². The van der Waals surface area contributed by atoms with E-state index in [2.05, 4.69) is 5.32 Å². The molecule has 0 unspecified atom stereocenters. The standard InChI is InChI=1S/C8H13F2NO/c9-8(10)6-11-5-7(8)1-3-12-4-2-7/h11H,1-6H2. The van der Waals surface area contributed by atoms with Gasteiger partial charge in [-0.15, -0.1) is 0 Å². The molecule has 0 aromatic rings. The number of halogens is 2. The smallest absolute Gasteiger partial charge is 0.267 e. The van der Waals surface area contributed by atoms with Crippen molar-refractivity contribution in [1.29, 1.82) is 0 Å². The van der Waals surface area contributed by atoms with Gasteiger partial charge in [-0.05, 0) is 12.8 Å². The summed E-state index contributed by atoms with van der Waals surface area (Å²) in [5, 5.41) is 2.77. The molecule has 2 aliphatic heterocycles. The van der Waals surface area contributed by atoms with Crippen LogP contribution in [0.2, 0.25) is 0 Å². The highest BCUT2D eigenvalue weighted by Crippen LogP contribution is 2.46. The first-order valence-electron chi connectivity index (χ1n) is 4.33. The minimum atomic E-state index is -2.53. The first-order chi connectivity index (χ1) is 5.66. The van der Waals surface area contributed by atoms with Gasteiger partial charge in [0.05, 0.1) is 12.0 Å². The van der Waals surface area contributed by atoms with Gasteiger partial charge in [-0.3, -0.25) is 0 Å². The second kappa shape index (κ2) is 2.64. The first-order valence-corrected chi connectivity index (χ1v) is 4.33. The van der Waals surface area contributed by atoms with Gasteiger partial charge in [0.2, 0.25) is 0 Å². The molecule has 2 aliphatic rings. The Bertz CT molecular complexity index is 178. The average Bonchev–Trinajstić information content (AvgIpc) is 2.30. The summed E-state index contributed by atoms with van der Waals surface area (Å²) in [5.41, 5.74) is -0.800. The summed E-state index contributed by atoms with van der Waals surface area (Å²) in [6.45, 7) is 1.25. The van der Waals surface area contributed by atoms with Crippen molar-refractivity contribution in [2.75, 3.05) is 26.3 Å². The summed E-state index contributed by atoms with van der Waals surface area (Å²) in [4.78, 5) is 0. The summed E-state index contributed by atoms with van der Waals surface area (Å²) >= 11 is 0. The molecule has 0 amide bonds. The minimum Gasteiger partial charge on any atom is -0.381 e. The van der Waals surface area contributed by atoms with Crippen LogP contribution in [-0.2, 0) is 4.74 Å². The fraction of sp³-hybridized carbons (Fsp3) is 1.00. The van der Waals surface area contributed by atoms with Gasteiger partial charge in [0, 0.05) is 19.8 Å². The zero-order chi connectivity index (χ0) is 8.66. The van der Waals surface area contributed by atoms with Crippen LogP contribution in [0.25, 0.3) is 0 Å². The van der Waals surface area contributed by atoms with Crippen molar-refractivity contribution in [2.24, 2.45) is 5.41 Å². The number of ether oxygens (including phenoxy) is 1. The van der Waals surface area contributed by atoms with E-state index < -0.39 is 11.3 Å². The molecule has 0 atom stereocenters. The van der Waals surface area contributed by atoms with Crippen LogP contribution in [0, 0.1) is 5.41 Å². The SMILES string of the molecule is FC1(F)CNCC12CCOCC2. The van der Waals surface area contributed by atoms with Gasteiger partial charge >= 0.3 is 0 Å². The van der Waals surface area contributed by atoms with E-state index in [1.165, 1.54) is 0 Å². The average molecular weight is 177 g/mol. The number of nitrogens with one attached hydrogen (secondary N) is 1. The van der Waals surface area contributed by atoms with E-state index in [1.807, 2.05) is 0 Å². The highest BCUT2D eigenvalue weighted by atomic mass is 19.3. The molecule has 0 saturated carbocycles. The predicted octanol–water partition coefficient (Wildman–Crippen LogP) is 1.02. The lowest BCUT2D eigenvalue weighted by atomic mass is 9.77. The molecular formula is C8H13F2NO. The van der Waals surface area contributed by atoms with Crippen LogP contribution in [0.1, 0.15) is 12.8 Å². The zero-order valence-corrected chi connectivity index (χ0v) is 6.91. The van der Waals surface area contributed by atoms with Crippen molar-refractivity contribution in [3.63, 3.8) is 0 Å². The quantitative estimate of drug-likeness (QED) is 0.596. The van der Waals surface area contributed by atoms with E-state index in [1.54, 1.807) is 0 Å². The second-order valence-electron chi connectivity index (χ2n) is 3.70. The molecule has 0 aromatic heterocycles. The van der Waals surface area contributed by atoms with Crippen LogP contribution in [-0.4, -0.2) is 32.2 Å². The molecule has 2 nitrogen and oxygen atoms in total. The van der Waals surface area contributed by atoms with E-state index in [4.69, 9.17) is 4.74 Å². The number of hydrogen-bond acceptors (Lipinski definition) is 2. The fourth-order valence-electron chi connectivity index (χ4n) is 2.08. The maximum atomic E-state index is 13.4. The molecule has 2 heterocycles. The van der Waals surface area contributed by atoms with E-state index >= 15 is 0 Å². The molecule has 1 spiro atoms. The van der Waals surface area contributed by atoms with Gasteiger partial charge in [-0.25, -0.2) is 8.78 Å². The van der Waals surface area contributed by atoms with E-state index in [0.29, 0.717) is 32.6 Å². The first kappa shape index (κ1) is 8.38. The van der Waals surface area contributed by atoms with Crippen molar-refractivity contribution in [3.8, 4) is 0 Å². The summed E-state index contributed by atoms with van der Waals surface area (Å²) in [6, 6.07) is 0.